The molecule has 10 heteroatoms. The maximum atomic E-state index is 13.1. The van der Waals surface area contributed by atoms with Crippen molar-refractivity contribution in [1.82, 2.24) is 19.9 Å². The Balaban J connectivity index is 1.50. The minimum Gasteiger partial charge on any atom is -0.452 e. The highest BCUT2D eigenvalue weighted by atomic mass is 35.5. The molecule has 0 radical (unpaired) electrons. The van der Waals surface area contributed by atoms with E-state index >= 15 is 0 Å². The lowest BCUT2D eigenvalue weighted by Crippen LogP contribution is -2.07. The average Bonchev–Trinajstić information content (AvgIpc) is 3.41. The first-order valence-corrected chi connectivity index (χ1v) is 9.33. The molecule has 0 aliphatic rings. The predicted molar refractivity (Wildman–Crippen MR) is 100.0 cm³/mol. The lowest BCUT2D eigenvalue weighted by atomic mass is 10.2. The number of benzene rings is 1. The van der Waals surface area contributed by atoms with E-state index in [1.54, 1.807) is 6.92 Å². The lowest BCUT2D eigenvalue weighted by Gasteiger charge is -2.04. The van der Waals surface area contributed by atoms with Crippen molar-refractivity contribution in [2.24, 2.45) is 0 Å². The molecule has 0 N–H and O–H groups in total. The number of ether oxygens (including phenoxy) is 1. The number of nitrogens with zero attached hydrogens (tertiary/aromatic N) is 4. The molecule has 4 rings (SSSR count). The van der Waals surface area contributed by atoms with Gasteiger partial charge in [-0.05, 0) is 42.6 Å². The second-order valence-corrected chi connectivity index (χ2v) is 7.01. The van der Waals surface area contributed by atoms with E-state index < -0.39 is 5.97 Å². The van der Waals surface area contributed by atoms with Gasteiger partial charge in [-0.3, -0.25) is 0 Å². The number of rotatable bonds is 5. The van der Waals surface area contributed by atoms with E-state index in [1.807, 2.05) is 17.5 Å². The van der Waals surface area contributed by atoms with Crippen LogP contribution in [0.25, 0.3) is 16.4 Å². The SMILES string of the molecule is Cc1nn(-c2ccc(F)cc2)c(Cl)c1C(=O)OCc1nc(-c2cccs2)no1. The Labute approximate surface area is 167 Å². The predicted octanol–water partition coefficient (Wildman–Crippen LogP) is 4.44. The highest BCUT2D eigenvalue weighted by Gasteiger charge is 2.23. The Bertz CT molecular complexity index is 1120. The molecule has 3 aromatic heterocycles. The van der Waals surface area contributed by atoms with Crippen LogP contribution in [0.1, 0.15) is 21.9 Å². The topological polar surface area (TPSA) is 83.0 Å². The smallest absolute Gasteiger partial charge is 0.343 e. The van der Waals surface area contributed by atoms with Gasteiger partial charge in [0, 0.05) is 0 Å². The third-order valence-corrected chi connectivity index (χ3v) is 5.03. The maximum Gasteiger partial charge on any atom is 0.343 e. The van der Waals surface area contributed by atoms with Crippen molar-refractivity contribution in [2.45, 2.75) is 13.5 Å². The minimum absolute atomic E-state index is 0.0684. The van der Waals surface area contributed by atoms with E-state index in [0.717, 1.165) is 4.88 Å². The number of hydrogen-bond acceptors (Lipinski definition) is 7. The summed E-state index contributed by atoms with van der Waals surface area (Å²) < 4.78 is 24.8. The number of carbonyl (C=O) groups excluding carboxylic acids is 1. The van der Waals surface area contributed by atoms with Gasteiger partial charge in [-0.2, -0.15) is 10.1 Å². The van der Waals surface area contributed by atoms with Crippen LogP contribution in [0.4, 0.5) is 4.39 Å². The standard InChI is InChI=1S/C18H12ClFN4O3S/c1-10-15(16(19)24(22-10)12-6-4-11(20)5-7-12)18(25)26-9-14-21-17(23-27-14)13-3-2-8-28-13/h2-8H,9H2,1H3. The zero-order chi connectivity index (χ0) is 19.7. The van der Waals surface area contributed by atoms with Crippen molar-refractivity contribution in [3.63, 3.8) is 0 Å². The van der Waals surface area contributed by atoms with Crippen LogP contribution in [0, 0.1) is 12.7 Å². The van der Waals surface area contributed by atoms with Gasteiger partial charge in [-0.25, -0.2) is 13.9 Å². The van der Waals surface area contributed by atoms with Gasteiger partial charge in [-0.1, -0.05) is 22.8 Å². The fourth-order valence-electron chi connectivity index (χ4n) is 2.50. The van der Waals surface area contributed by atoms with Gasteiger partial charge in [0.1, 0.15) is 16.5 Å². The monoisotopic (exact) mass is 418 g/mol. The molecule has 28 heavy (non-hydrogen) atoms. The highest BCUT2D eigenvalue weighted by molar-refractivity contribution is 7.13. The first-order chi connectivity index (χ1) is 13.5. The summed E-state index contributed by atoms with van der Waals surface area (Å²) in [6.45, 7) is 1.43. The van der Waals surface area contributed by atoms with E-state index in [2.05, 4.69) is 15.2 Å². The van der Waals surface area contributed by atoms with Crippen LogP contribution in [0.3, 0.4) is 0 Å². The number of halogens is 2. The third kappa shape index (κ3) is 3.54. The van der Waals surface area contributed by atoms with Gasteiger partial charge in [-0.15, -0.1) is 11.3 Å². The molecular weight excluding hydrogens is 407 g/mol. The number of aryl methyl sites for hydroxylation is 1. The third-order valence-electron chi connectivity index (χ3n) is 3.82. The molecule has 0 aliphatic heterocycles. The van der Waals surface area contributed by atoms with Gasteiger partial charge in [0.25, 0.3) is 5.89 Å². The fraction of sp³-hybridized carbons (Fsp3) is 0.111. The Morgan fingerprint density at radius 2 is 2.11 bits per heavy atom. The molecule has 142 valence electrons. The first-order valence-electron chi connectivity index (χ1n) is 8.07. The van der Waals surface area contributed by atoms with Crippen LogP contribution in [0.15, 0.2) is 46.3 Å². The number of aromatic nitrogens is 4. The Kier molecular flexibility index (Phi) is 4.93. The van der Waals surface area contributed by atoms with E-state index in [1.165, 1.54) is 40.3 Å². The van der Waals surface area contributed by atoms with Crippen molar-refractivity contribution in [3.05, 3.63) is 69.9 Å². The number of carbonyl (C=O) groups is 1. The van der Waals surface area contributed by atoms with Crippen LogP contribution in [0.5, 0.6) is 0 Å². The second-order valence-electron chi connectivity index (χ2n) is 5.70. The van der Waals surface area contributed by atoms with Gasteiger partial charge >= 0.3 is 5.97 Å². The van der Waals surface area contributed by atoms with Crippen LogP contribution in [-0.4, -0.2) is 25.9 Å². The molecule has 1 aromatic carbocycles. The van der Waals surface area contributed by atoms with E-state index in [9.17, 15) is 9.18 Å². The quantitative estimate of drug-likeness (QED) is 0.445. The average molecular weight is 419 g/mol. The Morgan fingerprint density at radius 3 is 2.82 bits per heavy atom. The van der Waals surface area contributed by atoms with E-state index in [4.69, 9.17) is 20.9 Å². The summed E-state index contributed by atoms with van der Waals surface area (Å²) in [5.41, 5.74) is 1.01. The van der Waals surface area contributed by atoms with Crippen LogP contribution < -0.4 is 0 Å². The summed E-state index contributed by atoms with van der Waals surface area (Å²) in [5.74, 6) is -0.465. The molecule has 0 amide bonds. The summed E-state index contributed by atoms with van der Waals surface area (Å²) in [6, 6.07) is 9.31. The zero-order valence-electron chi connectivity index (χ0n) is 14.4. The second kappa shape index (κ2) is 7.53. The largest absolute Gasteiger partial charge is 0.452 e. The highest BCUT2D eigenvalue weighted by Crippen LogP contribution is 2.25. The van der Waals surface area contributed by atoms with Crippen molar-refractivity contribution < 1.29 is 18.4 Å². The molecule has 0 unspecified atom stereocenters. The van der Waals surface area contributed by atoms with E-state index in [-0.39, 0.29) is 29.0 Å². The number of esters is 1. The summed E-state index contributed by atoms with van der Waals surface area (Å²) in [6.07, 6.45) is 0. The fourth-order valence-corrected chi connectivity index (χ4v) is 3.50. The minimum atomic E-state index is -0.674. The van der Waals surface area contributed by atoms with Crippen LogP contribution >= 0.6 is 22.9 Å². The molecule has 7 nitrogen and oxygen atoms in total. The van der Waals surface area contributed by atoms with Gasteiger partial charge < -0.3 is 9.26 Å². The molecule has 4 aromatic rings. The molecular formula is C18H12ClFN4O3S. The summed E-state index contributed by atoms with van der Waals surface area (Å²) in [4.78, 5) is 17.5. The van der Waals surface area contributed by atoms with Gasteiger partial charge in [0.05, 0.1) is 16.3 Å². The van der Waals surface area contributed by atoms with Gasteiger partial charge in [0.2, 0.25) is 5.82 Å². The van der Waals surface area contributed by atoms with E-state index in [0.29, 0.717) is 17.2 Å². The molecule has 3 heterocycles. The Morgan fingerprint density at radius 1 is 1.32 bits per heavy atom. The van der Waals surface area contributed by atoms with Gasteiger partial charge in [0.15, 0.2) is 6.61 Å². The van der Waals surface area contributed by atoms with Crippen LogP contribution in [0.2, 0.25) is 5.15 Å². The summed E-state index contributed by atoms with van der Waals surface area (Å²) in [7, 11) is 0. The lowest BCUT2D eigenvalue weighted by molar-refractivity contribution is 0.0429. The Hall–Kier alpha value is -3.04. The van der Waals surface area contributed by atoms with Crippen molar-refractivity contribution in [3.8, 4) is 16.4 Å². The first kappa shape index (κ1) is 18.3. The van der Waals surface area contributed by atoms with Crippen molar-refractivity contribution in [1.29, 1.82) is 0 Å². The van der Waals surface area contributed by atoms with Crippen molar-refractivity contribution >= 4 is 28.9 Å². The normalized spacial score (nSPS) is 11.0. The molecule has 0 fully saturated rings. The molecule has 0 atom stereocenters. The van der Waals surface area contributed by atoms with Crippen LogP contribution in [-0.2, 0) is 11.3 Å². The number of hydrogen-bond donors (Lipinski definition) is 0. The molecule has 0 saturated heterocycles. The maximum absolute atomic E-state index is 13.1. The molecule has 0 spiro atoms. The molecule has 0 aliphatic carbocycles. The summed E-state index contributed by atoms with van der Waals surface area (Å²) >= 11 is 7.78. The number of thiophene rings is 1. The molecule has 0 bridgehead atoms. The van der Waals surface area contributed by atoms with Crippen molar-refractivity contribution in [2.75, 3.05) is 0 Å². The summed E-state index contributed by atoms with van der Waals surface area (Å²) in [5, 5.41) is 10.1. The zero-order valence-corrected chi connectivity index (χ0v) is 16.0. The molecule has 0 saturated carbocycles.